The number of hydrogen-bond acceptors (Lipinski definition) is 3. The maximum absolute atomic E-state index is 12.9. The van der Waals surface area contributed by atoms with Crippen LogP contribution in [0.2, 0.25) is 0 Å². The summed E-state index contributed by atoms with van der Waals surface area (Å²) in [7, 11) is 0. The van der Waals surface area contributed by atoms with Gasteiger partial charge in [-0.15, -0.1) is 0 Å². The number of Topliss-reactive ketones (excluding diaryl/α,β-unsaturated/α-hetero) is 1. The average Bonchev–Trinajstić information content (AvgIpc) is 2.51. The second kappa shape index (κ2) is 6.96. The standard InChI is InChI=1S/C16H10BrFN2O2/c17-11-3-7-13(8-4-11)20-16(22)14(9-19)15(21)10-1-5-12(18)6-2-10/h1-8,14H,(H,20,22). The van der Waals surface area contributed by atoms with E-state index in [0.29, 0.717) is 5.69 Å². The fourth-order valence-electron chi connectivity index (χ4n) is 1.76. The van der Waals surface area contributed by atoms with Crippen molar-refractivity contribution in [3.8, 4) is 6.07 Å². The van der Waals surface area contributed by atoms with Gasteiger partial charge in [-0.25, -0.2) is 4.39 Å². The largest absolute Gasteiger partial charge is 0.325 e. The number of anilines is 1. The van der Waals surface area contributed by atoms with Crippen molar-refractivity contribution >= 4 is 33.3 Å². The van der Waals surface area contributed by atoms with E-state index in [2.05, 4.69) is 21.2 Å². The molecule has 0 aromatic heterocycles. The third kappa shape index (κ3) is 3.77. The molecule has 0 heterocycles. The first-order chi connectivity index (χ1) is 10.5. The molecule has 4 nitrogen and oxygen atoms in total. The first-order valence-corrected chi connectivity index (χ1v) is 7.06. The Labute approximate surface area is 134 Å². The van der Waals surface area contributed by atoms with E-state index in [9.17, 15) is 14.0 Å². The highest BCUT2D eigenvalue weighted by Crippen LogP contribution is 2.16. The lowest BCUT2D eigenvalue weighted by Crippen LogP contribution is -2.28. The summed E-state index contributed by atoms with van der Waals surface area (Å²) < 4.78 is 13.7. The Bertz CT molecular complexity index is 736. The van der Waals surface area contributed by atoms with Gasteiger partial charge in [0.2, 0.25) is 5.91 Å². The van der Waals surface area contributed by atoms with Gasteiger partial charge in [0, 0.05) is 15.7 Å². The van der Waals surface area contributed by atoms with Gasteiger partial charge in [0.1, 0.15) is 5.82 Å². The van der Waals surface area contributed by atoms with Gasteiger partial charge in [0.15, 0.2) is 11.7 Å². The lowest BCUT2D eigenvalue weighted by Gasteiger charge is -2.09. The van der Waals surface area contributed by atoms with E-state index in [4.69, 9.17) is 5.26 Å². The van der Waals surface area contributed by atoms with Gasteiger partial charge in [-0.1, -0.05) is 15.9 Å². The smallest absolute Gasteiger partial charge is 0.249 e. The third-order valence-corrected chi connectivity index (χ3v) is 3.42. The molecule has 0 saturated heterocycles. The molecule has 0 saturated carbocycles. The zero-order chi connectivity index (χ0) is 16.1. The Morgan fingerprint density at radius 2 is 1.68 bits per heavy atom. The molecule has 22 heavy (non-hydrogen) atoms. The fraction of sp³-hybridized carbons (Fsp3) is 0.0625. The summed E-state index contributed by atoms with van der Waals surface area (Å²) in [5, 5.41) is 11.6. The highest BCUT2D eigenvalue weighted by atomic mass is 79.9. The van der Waals surface area contributed by atoms with E-state index >= 15 is 0 Å². The molecule has 1 N–H and O–H groups in total. The van der Waals surface area contributed by atoms with Crippen LogP contribution < -0.4 is 5.32 Å². The molecule has 0 aliphatic rings. The van der Waals surface area contributed by atoms with Gasteiger partial charge >= 0.3 is 0 Å². The number of nitrogens with zero attached hydrogens (tertiary/aromatic N) is 1. The lowest BCUT2D eigenvalue weighted by atomic mass is 9.98. The van der Waals surface area contributed by atoms with Gasteiger partial charge in [0.25, 0.3) is 0 Å². The van der Waals surface area contributed by atoms with Crippen LogP contribution in [0.5, 0.6) is 0 Å². The number of rotatable bonds is 4. The van der Waals surface area contributed by atoms with Crippen LogP contribution >= 0.6 is 15.9 Å². The second-order valence-electron chi connectivity index (χ2n) is 4.43. The molecule has 2 aromatic rings. The van der Waals surface area contributed by atoms with Gasteiger partial charge in [0.05, 0.1) is 6.07 Å². The molecule has 1 amide bonds. The predicted octanol–water partition coefficient (Wildman–Crippen LogP) is 3.55. The van der Waals surface area contributed by atoms with E-state index < -0.39 is 23.4 Å². The summed E-state index contributed by atoms with van der Waals surface area (Å²) in [5.74, 6) is -3.38. The molecule has 0 spiro atoms. The molecule has 2 rings (SSSR count). The minimum atomic E-state index is -1.49. The Morgan fingerprint density at radius 3 is 2.23 bits per heavy atom. The quantitative estimate of drug-likeness (QED) is 0.669. The Kier molecular flexibility index (Phi) is 5.02. The van der Waals surface area contributed by atoms with Crippen LogP contribution in [0.1, 0.15) is 10.4 Å². The van der Waals surface area contributed by atoms with Crippen LogP contribution in [0.3, 0.4) is 0 Å². The molecular weight excluding hydrogens is 351 g/mol. The van der Waals surface area contributed by atoms with Crippen LogP contribution in [0, 0.1) is 23.1 Å². The van der Waals surface area contributed by atoms with Crippen LogP contribution in [0.4, 0.5) is 10.1 Å². The molecule has 110 valence electrons. The number of benzene rings is 2. The molecule has 0 fully saturated rings. The molecule has 0 aliphatic heterocycles. The van der Waals surface area contributed by atoms with Crippen LogP contribution in [0.15, 0.2) is 53.0 Å². The van der Waals surface area contributed by atoms with Gasteiger partial charge in [-0.05, 0) is 48.5 Å². The van der Waals surface area contributed by atoms with E-state index in [0.717, 1.165) is 16.6 Å². The maximum atomic E-state index is 12.9. The molecule has 0 radical (unpaired) electrons. The number of nitrogens with one attached hydrogen (secondary N) is 1. The summed E-state index contributed by atoms with van der Waals surface area (Å²) in [6, 6.07) is 13.1. The zero-order valence-electron chi connectivity index (χ0n) is 11.2. The normalized spacial score (nSPS) is 11.3. The number of amides is 1. The molecule has 1 unspecified atom stereocenters. The molecule has 6 heteroatoms. The summed E-state index contributed by atoms with van der Waals surface area (Å²) >= 11 is 3.26. The molecule has 1 atom stereocenters. The van der Waals surface area contributed by atoms with Crippen molar-refractivity contribution in [1.29, 1.82) is 5.26 Å². The highest BCUT2D eigenvalue weighted by Gasteiger charge is 2.27. The average molecular weight is 361 g/mol. The second-order valence-corrected chi connectivity index (χ2v) is 5.35. The monoisotopic (exact) mass is 360 g/mol. The van der Waals surface area contributed by atoms with Gasteiger partial charge in [-0.3, -0.25) is 9.59 Å². The van der Waals surface area contributed by atoms with Crippen LogP contribution in [-0.2, 0) is 4.79 Å². The lowest BCUT2D eigenvalue weighted by molar-refractivity contribution is -0.117. The van der Waals surface area contributed by atoms with Gasteiger partial charge < -0.3 is 5.32 Å². The highest BCUT2D eigenvalue weighted by molar-refractivity contribution is 9.10. The topological polar surface area (TPSA) is 70.0 Å². The first-order valence-electron chi connectivity index (χ1n) is 6.27. The third-order valence-electron chi connectivity index (χ3n) is 2.89. The van der Waals surface area contributed by atoms with Crippen molar-refractivity contribution in [2.24, 2.45) is 5.92 Å². The zero-order valence-corrected chi connectivity index (χ0v) is 12.8. The van der Waals surface area contributed by atoms with Crippen molar-refractivity contribution < 1.29 is 14.0 Å². The summed E-state index contributed by atoms with van der Waals surface area (Å²) in [6.45, 7) is 0. The minimum Gasteiger partial charge on any atom is -0.325 e. The fourth-order valence-corrected chi connectivity index (χ4v) is 2.03. The summed E-state index contributed by atoms with van der Waals surface area (Å²) in [4.78, 5) is 24.2. The summed E-state index contributed by atoms with van der Waals surface area (Å²) in [5.41, 5.74) is 0.583. The molecule has 0 bridgehead atoms. The number of hydrogen-bond donors (Lipinski definition) is 1. The minimum absolute atomic E-state index is 0.110. The number of ketones is 1. The molecule has 0 aliphatic carbocycles. The van der Waals surface area contributed by atoms with E-state index in [1.165, 1.54) is 12.1 Å². The maximum Gasteiger partial charge on any atom is 0.249 e. The number of nitriles is 1. The van der Waals surface area contributed by atoms with Crippen molar-refractivity contribution in [3.05, 3.63) is 64.4 Å². The number of carbonyl (C=O) groups excluding carboxylic acids is 2. The van der Waals surface area contributed by atoms with Crippen LogP contribution in [-0.4, -0.2) is 11.7 Å². The van der Waals surface area contributed by atoms with E-state index in [1.54, 1.807) is 30.3 Å². The Balaban J connectivity index is 2.15. The molecular formula is C16H10BrFN2O2. The summed E-state index contributed by atoms with van der Waals surface area (Å²) in [6.07, 6.45) is 0. The molecule has 2 aromatic carbocycles. The predicted molar refractivity (Wildman–Crippen MR) is 82.6 cm³/mol. The van der Waals surface area contributed by atoms with Crippen molar-refractivity contribution in [3.63, 3.8) is 0 Å². The van der Waals surface area contributed by atoms with Crippen LogP contribution in [0.25, 0.3) is 0 Å². The van der Waals surface area contributed by atoms with E-state index in [1.807, 2.05) is 0 Å². The van der Waals surface area contributed by atoms with E-state index in [-0.39, 0.29) is 5.56 Å². The SMILES string of the molecule is N#CC(C(=O)Nc1ccc(Br)cc1)C(=O)c1ccc(F)cc1. The van der Waals surface area contributed by atoms with Crippen molar-refractivity contribution in [1.82, 2.24) is 0 Å². The Morgan fingerprint density at radius 1 is 1.09 bits per heavy atom. The van der Waals surface area contributed by atoms with Gasteiger partial charge in [-0.2, -0.15) is 5.26 Å². The number of carbonyl (C=O) groups is 2. The number of halogens is 2. The van der Waals surface area contributed by atoms with Crippen molar-refractivity contribution in [2.75, 3.05) is 5.32 Å². The first kappa shape index (κ1) is 15.9. The Hall–Kier alpha value is -2.52. The van der Waals surface area contributed by atoms with Crippen molar-refractivity contribution in [2.45, 2.75) is 0 Å².